The Labute approximate surface area is 97.1 Å². The zero-order valence-corrected chi connectivity index (χ0v) is 10.3. The fourth-order valence-electron chi connectivity index (χ4n) is 2.52. The number of benzene rings is 1. The molecule has 2 heteroatoms. The number of rotatable bonds is 4. The van der Waals surface area contributed by atoms with E-state index in [-0.39, 0.29) is 0 Å². The molecule has 2 nitrogen and oxygen atoms in total. The van der Waals surface area contributed by atoms with Gasteiger partial charge in [-0.25, -0.2) is 0 Å². The van der Waals surface area contributed by atoms with Gasteiger partial charge in [0.25, 0.3) is 0 Å². The summed E-state index contributed by atoms with van der Waals surface area (Å²) < 4.78 is 0. The molecule has 2 N–H and O–H groups in total. The molecule has 0 spiro atoms. The largest absolute Gasteiger partial charge is 0.358 e. The molecule has 1 aromatic carbocycles. The molecule has 0 saturated heterocycles. The van der Waals surface area contributed by atoms with Gasteiger partial charge in [-0.15, -0.1) is 0 Å². The highest BCUT2D eigenvalue weighted by molar-refractivity contribution is 5.85. The van der Waals surface area contributed by atoms with E-state index in [9.17, 15) is 0 Å². The molecule has 1 aromatic heterocycles. The van der Waals surface area contributed by atoms with Crippen LogP contribution in [0.1, 0.15) is 30.5 Å². The van der Waals surface area contributed by atoms with Gasteiger partial charge in [0.05, 0.1) is 0 Å². The highest BCUT2D eigenvalue weighted by atomic mass is 14.8. The molecule has 16 heavy (non-hydrogen) atoms. The number of aromatic amines is 1. The average molecular weight is 216 g/mol. The quantitative estimate of drug-likeness (QED) is 0.807. The SMILES string of the molecule is CCC(CNC)c1c(C)[nH]c2ccccc12. The number of fused-ring (bicyclic) bond motifs is 1. The van der Waals surface area contributed by atoms with Crippen molar-refractivity contribution in [3.63, 3.8) is 0 Å². The van der Waals surface area contributed by atoms with Crippen LogP contribution < -0.4 is 5.32 Å². The van der Waals surface area contributed by atoms with Crippen molar-refractivity contribution >= 4 is 10.9 Å². The number of hydrogen-bond acceptors (Lipinski definition) is 1. The van der Waals surface area contributed by atoms with Gasteiger partial charge in [0, 0.05) is 23.1 Å². The topological polar surface area (TPSA) is 27.8 Å². The van der Waals surface area contributed by atoms with Gasteiger partial charge < -0.3 is 10.3 Å². The molecule has 2 rings (SSSR count). The molecule has 0 amide bonds. The summed E-state index contributed by atoms with van der Waals surface area (Å²) in [7, 11) is 2.02. The molecular formula is C14H20N2. The second-order valence-electron chi connectivity index (χ2n) is 4.37. The smallest absolute Gasteiger partial charge is 0.0458 e. The number of H-pyrrole nitrogens is 1. The summed E-state index contributed by atoms with van der Waals surface area (Å²) in [6, 6.07) is 8.57. The van der Waals surface area contributed by atoms with Gasteiger partial charge in [0.1, 0.15) is 0 Å². The van der Waals surface area contributed by atoms with Gasteiger partial charge in [-0.2, -0.15) is 0 Å². The van der Waals surface area contributed by atoms with Crippen molar-refractivity contribution in [2.75, 3.05) is 13.6 Å². The fourth-order valence-corrected chi connectivity index (χ4v) is 2.52. The third kappa shape index (κ3) is 1.85. The van der Waals surface area contributed by atoms with Crippen molar-refractivity contribution < 1.29 is 0 Å². The first-order valence-corrected chi connectivity index (χ1v) is 5.99. The molecule has 1 atom stereocenters. The molecule has 0 radical (unpaired) electrons. The minimum absolute atomic E-state index is 0.598. The molecule has 1 heterocycles. The Morgan fingerprint density at radius 2 is 2.06 bits per heavy atom. The van der Waals surface area contributed by atoms with Crippen LogP contribution in [0.2, 0.25) is 0 Å². The van der Waals surface area contributed by atoms with Gasteiger partial charge in [-0.1, -0.05) is 25.1 Å². The summed E-state index contributed by atoms with van der Waals surface area (Å²) in [5, 5.41) is 4.66. The molecule has 0 aliphatic carbocycles. The van der Waals surface area contributed by atoms with E-state index < -0.39 is 0 Å². The predicted octanol–water partition coefficient (Wildman–Crippen LogP) is 3.19. The van der Waals surface area contributed by atoms with Crippen molar-refractivity contribution in [2.24, 2.45) is 0 Å². The molecule has 0 bridgehead atoms. The third-order valence-corrected chi connectivity index (χ3v) is 3.29. The van der Waals surface area contributed by atoms with E-state index in [1.165, 1.54) is 28.6 Å². The maximum Gasteiger partial charge on any atom is 0.0458 e. The molecule has 86 valence electrons. The lowest BCUT2D eigenvalue weighted by Gasteiger charge is -2.15. The first-order chi connectivity index (χ1) is 7.77. The van der Waals surface area contributed by atoms with E-state index in [4.69, 9.17) is 0 Å². The number of para-hydroxylation sites is 1. The molecule has 0 aliphatic rings. The van der Waals surface area contributed by atoms with Crippen LogP contribution in [-0.2, 0) is 0 Å². The predicted molar refractivity (Wildman–Crippen MR) is 70.0 cm³/mol. The van der Waals surface area contributed by atoms with Gasteiger partial charge in [0.2, 0.25) is 0 Å². The maximum absolute atomic E-state index is 3.47. The molecule has 2 aromatic rings. The van der Waals surface area contributed by atoms with Crippen molar-refractivity contribution in [1.82, 2.24) is 10.3 Å². The summed E-state index contributed by atoms with van der Waals surface area (Å²) in [4.78, 5) is 3.47. The lowest BCUT2D eigenvalue weighted by molar-refractivity contribution is 0.612. The minimum Gasteiger partial charge on any atom is -0.358 e. The Morgan fingerprint density at radius 3 is 2.75 bits per heavy atom. The van der Waals surface area contributed by atoms with E-state index >= 15 is 0 Å². The monoisotopic (exact) mass is 216 g/mol. The second kappa shape index (κ2) is 4.71. The number of hydrogen-bond donors (Lipinski definition) is 2. The number of likely N-dealkylation sites (N-methyl/N-ethyl adjacent to an activating group) is 1. The van der Waals surface area contributed by atoms with Crippen LogP contribution in [0.3, 0.4) is 0 Å². The number of nitrogens with one attached hydrogen (secondary N) is 2. The molecule has 0 fully saturated rings. The van der Waals surface area contributed by atoms with Crippen LogP contribution in [0.4, 0.5) is 0 Å². The standard InChI is InChI=1S/C14H20N2/c1-4-11(9-15-3)14-10(2)16-13-8-6-5-7-12(13)14/h5-8,11,15-16H,4,9H2,1-3H3. The summed E-state index contributed by atoms with van der Waals surface area (Å²) in [5.41, 5.74) is 4.04. The maximum atomic E-state index is 3.47. The first-order valence-electron chi connectivity index (χ1n) is 5.99. The van der Waals surface area contributed by atoms with Crippen molar-refractivity contribution in [1.29, 1.82) is 0 Å². The number of aromatic nitrogens is 1. The highest BCUT2D eigenvalue weighted by Gasteiger charge is 2.16. The molecule has 1 unspecified atom stereocenters. The Morgan fingerprint density at radius 1 is 1.31 bits per heavy atom. The van der Waals surface area contributed by atoms with Crippen LogP contribution in [0.5, 0.6) is 0 Å². The zero-order chi connectivity index (χ0) is 11.5. The van der Waals surface area contributed by atoms with Crippen LogP contribution >= 0.6 is 0 Å². The third-order valence-electron chi connectivity index (χ3n) is 3.29. The summed E-state index contributed by atoms with van der Waals surface area (Å²) in [6.07, 6.45) is 1.17. The zero-order valence-electron chi connectivity index (χ0n) is 10.3. The van der Waals surface area contributed by atoms with E-state index in [0.717, 1.165) is 6.54 Å². The summed E-state index contributed by atoms with van der Waals surface area (Å²) in [5.74, 6) is 0.598. The number of aryl methyl sites for hydroxylation is 1. The van der Waals surface area contributed by atoms with E-state index in [1.54, 1.807) is 0 Å². The minimum atomic E-state index is 0.598. The molecule has 0 saturated carbocycles. The second-order valence-corrected chi connectivity index (χ2v) is 4.37. The average Bonchev–Trinajstić information content (AvgIpc) is 2.62. The van der Waals surface area contributed by atoms with Crippen LogP contribution in [0, 0.1) is 6.92 Å². The Kier molecular flexibility index (Phi) is 3.30. The van der Waals surface area contributed by atoms with Gasteiger partial charge in [-0.05, 0) is 37.9 Å². The van der Waals surface area contributed by atoms with Crippen molar-refractivity contribution in [2.45, 2.75) is 26.2 Å². The van der Waals surface area contributed by atoms with Crippen molar-refractivity contribution in [3.8, 4) is 0 Å². The Balaban J connectivity index is 2.53. The van der Waals surface area contributed by atoms with Gasteiger partial charge in [-0.3, -0.25) is 0 Å². The van der Waals surface area contributed by atoms with Crippen LogP contribution in [-0.4, -0.2) is 18.6 Å². The van der Waals surface area contributed by atoms with Crippen LogP contribution in [0.25, 0.3) is 10.9 Å². The fraction of sp³-hybridized carbons (Fsp3) is 0.429. The van der Waals surface area contributed by atoms with Gasteiger partial charge >= 0.3 is 0 Å². The van der Waals surface area contributed by atoms with Gasteiger partial charge in [0.15, 0.2) is 0 Å². The molecule has 0 aliphatic heterocycles. The lowest BCUT2D eigenvalue weighted by atomic mass is 9.94. The summed E-state index contributed by atoms with van der Waals surface area (Å²) >= 11 is 0. The molecular weight excluding hydrogens is 196 g/mol. The lowest BCUT2D eigenvalue weighted by Crippen LogP contribution is -2.17. The first kappa shape index (κ1) is 11.2. The van der Waals surface area contributed by atoms with E-state index in [1.807, 2.05) is 7.05 Å². The summed E-state index contributed by atoms with van der Waals surface area (Å²) in [6.45, 7) is 5.47. The normalized spacial score (nSPS) is 13.2. The highest BCUT2D eigenvalue weighted by Crippen LogP contribution is 2.30. The van der Waals surface area contributed by atoms with E-state index in [0.29, 0.717) is 5.92 Å². The van der Waals surface area contributed by atoms with E-state index in [2.05, 4.69) is 48.4 Å². The van der Waals surface area contributed by atoms with Crippen LogP contribution in [0.15, 0.2) is 24.3 Å². The van der Waals surface area contributed by atoms with Crippen molar-refractivity contribution in [3.05, 3.63) is 35.5 Å². The Bertz CT molecular complexity index is 471. The Hall–Kier alpha value is -1.28.